The standard InChI is InChI=1S/C18H20N2O3/c1-2-14-12-20(10-11-23-14)18(22)15-8-9-16(19-17(15)21)13-6-4-3-5-7-13/h3-9,14H,2,10-12H2,1H3,(H,19,21). The van der Waals surface area contributed by atoms with Crippen LogP contribution in [0.15, 0.2) is 47.3 Å². The van der Waals surface area contributed by atoms with E-state index < -0.39 is 0 Å². The first-order valence-electron chi connectivity index (χ1n) is 7.88. The first-order valence-corrected chi connectivity index (χ1v) is 7.88. The lowest BCUT2D eigenvalue weighted by Gasteiger charge is -2.32. The maximum atomic E-state index is 12.6. The number of benzene rings is 1. The van der Waals surface area contributed by atoms with E-state index in [2.05, 4.69) is 4.98 Å². The summed E-state index contributed by atoms with van der Waals surface area (Å²) in [6.07, 6.45) is 0.906. The second-order valence-electron chi connectivity index (χ2n) is 5.63. The Labute approximate surface area is 134 Å². The van der Waals surface area contributed by atoms with Gasteiger partial charge in [-0.2, -0.15) is 0 Å². The van der Waals surface area contributed by atoms with Crippen LogP contribution in [-0.4, -0.2) is 41.6 Å². The summed E-state index contributed by atoms with van der Waals surface area (Å²) in [5, 5.41) is 0. The van der Waals surface area contributed by atoms with Crippen molar-refractivity contribution in [2.24, 2.45) is 0 Å². The average molecular weight is 312 g/mol. The summed E-state index contributed by atoms with van der Waals surface area (Å²) in [6.45, 7) is 3.61. The quantitative estimate of drug-likeness (QED) is 0.946. The Morgan fingerprint density at radius 2 is 2.04 bits per heavy atom. The minimum Gasteiger partial charge on any atom is -0.375 e. The number of amides is 1. The molecule has 120 valence electrons. The van der Waals surface area contributed by atoms with Crippen molar-refractivity contribution in [2.75, 3.05) is 19.7 Å². The van der Waals surface area contributed by atoms with Gasteiger partial charge in [-0.15, -0.1) is 0 Å². The number of carbonyl (C=O) groups excluding carboxylic acids is 1. The maximum Gasteiger partial charge on any atom is 0.261 e. The van der Waals surface area contributed by atoms with Crippen molar-refractivity contribution in [1.29, 1.82) is 0 Å². The zero-order valence-electron chi connectivity index (χ0n) is 13.1. The Morgan fingerprint density at radius 3 is 2.74 bits per heavy atom. The number of carbonyl (C=O) groups is 1. The van der Waals surface area contributed by atoms with Gasteiger partial charge in [0.25, 0.3) is 11.5 Å². The fourth-order valence-electron chi connectivity index (χ4n) is 2.75. The summed E-state index contributed by atoms with van der Waals surface area (Å²) in [6, 6.07) is 13.0. The fourth-order valence-corrected chi connectivity index (χ4v) is 2.75. The van der Waals surface area contributed by atoms with Gasteiger partial charge in [-0.05, 0) is 24.1 Å². The zero-order valence-corrected chi connectivity index (χ0v) is 13.1. The number of hydrogen-bond donors (Lipinski definition) is 1. The Hall–Kier alpha value is -2.40. The SMILES string of the molecule is CCC1CN(C(=O)c2ccc(-c3ccccc3)[nH]c2=O)CCO1. The Morgan fingerprint density at radius 1 is 1.26 bits per heavy atom. The van der Waals surface area contributed by atoms with Crippen LogP contribution < -0.4 is 5.56 Å². The molecule has 0 saturated carbocycles. The summed E-state index contributed by atoms with van der Waals surface area (Å²) in [5.74, 6) is -0.229. The maximum absolute atomic E-state index is 12.6. The molecular weight excluding hydrogens is 292 g/mol. The topological polar surface area (TPSA) is 62.4 Å². The van der Waals surface area contributed by atoms with Crippen LogP contribution in [0.3, 0.4) is 0 Å². The van der Waals surface area contributed by atoms with Crippen LogP contribution in [0.2, 0.25) is 0 Å². The van der Waals surface area contributed by atoms with Crippen molar-refractivity contribution < 1.29 is 9.53 Å². The number of H-pyrrole nitrogens is 1. The molecule has 1 aromatic heterocycles. The Bertz CT molecular complexity index is 739. The highest BCUT2D eigenvalue weighted by Crippen LogP contribution is 2.16. The first-order chi connectivity index (χ1) is 11.2. The number of ether oxygens (including phenoxy) is 1. The van der Waals surface area contributed by atoms with Gasteiger partial charge in [0.1, 0.15) is 5.56 Å². The lowest BCUT2D eigenvalue weighted by atomic mass is 10.1. The van der Waals surface area contributed by atoms with Crippen LogP contribution >= 0.6 is 0 Å². The number of hydrogen-bond acceptors (Lipinski definition) is 3. The average Bonchev–Trinajstić information content (AvgIpc) is 2.62. The van der Waals surface area contributed by atoms with Crippen LogP contribution in [0.1, 0.15) is 23.7 Å². The van der Waals surface area contributed by atoms with E-state index in [0.717, 1.165) is 12.0 Å². The third-order valence-electron chi connectivity index (χ3n) is 4.11. The van der Waals surface area contributed by atoms with Gasteiger partial charge in [-0.3, -0.25) is 9.59 Å². The van der Waals surface area contributed by atoms with Gasteiger partial charge in [0.2, 0.25) is 0 Å². The molecule has 1 unspecified atom stereocenters. The molecule has 3 rings (SSSR count). The molecule has 1 aliphatic rings. The zero-order chi connectivity index (χ0) is 16.2. The molecule has 2 aromatic rings. The van der Waals surface area contributed by atoms with E-state index in [1.54, 1.807) is 17.0 Å². The van der Waals surface area contributed by atoms with E-state index in [9.17, 15) is 9.59 Å². The molecule has 2 heterocycles. The van der Waals surface area contributed by atoms with Gasteiger partial charge >= 0.3 is 0 Å². The van der Waals surface area contributed by atoms with Gasteiger partial charge in [-0.1, -0.05) is 37.3 Å². The van der Waals surface area contributed by atoms with Crippen LogP contribution in [0.25, 0.3) is 11.3 Å². The minimum atomic E-state index is -0.351. The number of aromatic nitrogens is 1. The van der Waals surface area contributed by atoms with Gasteiger partial charge in [-0.25, -0.2) is 0 Å². The smallest absolute Gasteiger partial charge is 0.261 e. The van der Waals surface area contributed by atoms with Crippen LogP contribution in [0.4, 0.5) is 0 Å². The molecule has 1 aliphatic heterocycles. The minimum absolute atomic E-state index is 0.0513. The molecule has 0 spiro atoms. The van der Waals surface area contributed by atoms with E-state index >= 15 is 0 Å². The van der Waals surface area contributed by atoms with Crippen molar-refractivity contribution in [1.82, 2.24) is 9.88 Å². The molecule has 5 nitrogen and oxygen atoms in total. The van der Waals surface area contributed by atoms with E-state index in [1.165, 1.54) is 0 Å². The normalized spacial score (nSPS) is 18.0. The highest BCUT2D eigenvalue weighted by atomic mass is 16.5. The highest BCUT2D eigenvalue weighted by molar-refractivity contribution is 5.94. The molecule has 23 heavy (non-hydrogen) atoms. The molecule has 1 atom stereocenters. The van der Waals surface area contributed by atoms with Crippen molar-refractivity contribution in [3.8, 4) is 11.3 Å². The largest absolute Gasteiger partial charge is 0.375 e. The van der Waals surface area contributed by atoms with E-state index in [4.69, 9.17) is 4.74 Å². The molecule has 1 fully saturated rings. The number of aromatic amines is 1. The number of pyridine rings is 1. The van der Waals surface area contributed by atoms with Crippen molar-refractivity contribution in [2.45, 2.75) is 19.4 Å². The molecule has 1 aromatic carbocycles. The van der Waals surface area contributed by atoms with E-state index in [0.29, 0.717) is 25.4 Å². The summed E-state index contributed by atoms with van der Waals surface area (Å²) < 4.78 is 5.57. The second-order valence-corrected chi connectivity index (χ2v) is 5.63. The van der Waals surface area contributed by atoms with Gasteiger partial charge < -0.3 is 14.6 Å². The van der Waals surface area contributed by atoms with Gasteiger partial charge in [0.05, 0.1) is 12.7 Å². The Kier molecular flexibility index (Phi) is 4.57. The van der Waals surface area contributed by atoms with Crippen LogP contribution in [0, 0.1) is 0 Å². The summed E-state index contributed by atoms with van der Waals surface area (Å²) in [5.41, 5.74) is 1.46. The van der Waals surface area contributed by atoms with Gasteiger partial charge in [0.15, 0.2) is 0 Å². The number of rotatable bonds is 3. The van der Waals surface area contributed by atoms with E-state index in [-0.39, 0.29) is 23.1 Å². The molecule has 0 aliphatic carbocycles. The van der Waals surface area contributed by atoms with Gasteiger partial charge in [0, 0.05) is 18.8 Å². The third kappa shape index (κ3) is 3.35. The predicted molar refractivity (Wildman–Crippen MR) is 88.4 cm³/mol. The number of morpholine rings is 1. The molecule has 0 bridgehead atoms. The highest BCUT2D eigenvalue weighted by Gasteiger charge is 2.25. The summed E-state index contributed by atoms with van der Waals surface area (Å²) in [4.78, 5) is 29.4. The summed E-state index contributed by atoms with van der Waals surface area (Å²) >= 11 is 0. The molecule has 1 N–H and O–H groups in total. The third-order valence-corrected chi connectivity index (χ3v) is 4.11. The van der Waals surface area contributed by atoms with E-state index in [1.807, 2.05) is 37.3 Å². The second kappa shape index (κ2) is 6.79. The Balaban J connectivity index is 1.83. The molecule has 5 heteroatoms. The van der Waals surface area contributed by atoms with Crippen molar-refractivity contribution in [3.05, 3.63) is 58.4 Å². The number of nitrogens with zero attached hydrogens (tertiary/aromatic N) is 1. The molecule has 0 radical (unpaired) electrons. The lowest BCUT2D eigenvalue weighted by molar-refractivity contribution is -0.0226. The predicted octanol–water partition coefficient (Wildman–Crippen LogP) is 2.29. The molecular formula is C18H20N2O3. The molecule has 1 amide bonds. The van der Waals surface area contributed by atoms with Crippen LogP contribution in [0.5, 0.6) is 0 Å². The lowest BCUT2D eigenvalue weighted by Crippen LogP contribution is -2.46. The van der Waals surface area contributed by atoms with Crippen LogP contribution in [-0.2, 0) is 4.74 Å². The first kappa shape index (κ1) is 15.5. The summed E-state index contributed by atoms with van der Waals surface area (Å²) in [7, 11) is 0. The van der Waals surface area contributed by atoms with Crippen molar-refractivity contribution in [3.63, 3.8) is 0 Å². The number of nitrogens with one attached hydrogen (secondary N) is 1. The fraction of sp³-hybridized carbons (Fsp3) is 0.333. The van der Waals surface area contributed by atoms with Crippen molar-refractivity contribution >= 4 is 5.91 Å². The molecule has 1 saturated heterocycles. The monoisotopic (exact) mass is 312 g/mol.